The Bertz CT molecular complexity index is 542. The Balaban J connectivity index is 2.57. The summed E-state index contributed by atoms with van der Waals surface area (Å²) in [4.78, 5) is -0.885. The van der Waals surface area contributed by atoms with Crippen LogP contribution in [0.1, 0.15) is 24.8 Å². The molecule has 2 N–H and O–H groups in total. The molecule has 0 spiro atoms. The second kappa shape index (κ2) is 3.74. The van der Waals surface area contributed by atoms with Crippen LogP contribution in [0.3, 0.4) is 0 Å². The molecule has 1 aromatic carbocycles. The molecule has 0 heterocycles. The molecule has 0 unspecified atom stereocenters. The number of sulfone groups is 1. The van der Waals surface area contributed by atoms with E-state index in [0.29, 0.717) is 18.4 Å². The van der Waals surface area contributed by atoms with Crippen LogP contribution in [0.25, 0.3) is 0 Å². The maximum absolute atomic E-state index is 13.6. The summed E-state index contributed by atoms with van der Waals surface area (Å²) in [6.07, 6.45) is 3.00. The lowest BCUT2D eigenvalue weighted by molar-refractivity contribution is 0.251. The fourth-order valence-corrected chi connectivity index (χ4v) is 2.87. The third kappa shape index (κ3) is 2.07. The zero-order valence-corrected chi connectivity index (χ0v) is 10.2. The third-order valence-electron chi connectivity index (χ3n) is 3.19. The van der Waals surface area contributed by atoms with Crippen molar-refractivity contribution in [3.63, 3.8) is 0 Å². The molecule has 0 radical (unpaired) electrons. The van der Waals surface area contributed by atoms with Gasteiger partial charge < -0.3 is 5.73 Å². The van der Waals surface area contributed by atoms with Crippen molar-refractivity contribution < 1.29 is 17.2 Å². The van der Waals surface area contributed by atoms with Gasteiger partial charge in [0.2, 0.25) is 0 Å². The summed E-state index contributed by atoms with van der Waals surface area (Å²) in [6, 6.07) is 2.05. The first-order chi connectivity index (χ1) is 7.74. The highest BCUT2D eigenvalue weighted by Gasteiger charge is 2.36. The maximum atomic E-state index is 13.6. The lowest BCUT2D eigenvalue weighted by Gasteiger charge is -2.38. The van der Waals surface area contributed by atoms with Crippen LogP contribution >= 0.6 is 0 Å². The van der Waals surface area contributed by atoms with Crippen molar-refractivity contribution in [2.75, 3.05) is 6.26 Å². The monoisotopic (exact) mass is 261 g/mol. The van der Waals surface area contributed by atoms with Crippen LogP contribution in [0, 0.1) is 11.6 Å². The molecule has 1 aromatic rings. The van der Waals surface area contributed by atoms with Gasteiger partial charge in [-0.3, -0.25) is 0 Å². The van der Waals surface area contributed by atoms with Gasteiger partial charge in [-0.25, -0.2) is 17.2 Å². The Labute approximate surface area is 98.5 Å². The molecule has 17 heavy (non-hydrogen) atoms. The van der Waals surface area contributed by atoms with Gasteiger partial charge in [0.25, 0.3) is 0 Å². The van der Waals surface area contributed by atoms with Crippen LogP contribution in [0.15, 0.2) is 17.0 Å². The summed E-state index contributed by atoms with van der Waals surface area (Å²) in [5, 5.41) is 0. The van der Waals surface area contributed by atoms with Crippen LogP contribution in [-0.2, 0) is 15.4 Å². The van der Waals surface area contributed by atoms with E-state index in [2.05, 4.69) is 0 Å². The minimum Gasteiger partial charge on any atom is -0.321 e. The van der Waals surface area contributed by atoms with Gasteiger partial charge in [0, 0.05) is 11.8 Å². The summed E-state index contributed by atoms with van der Waals surface area (Å²) >= 11 is 0. The molecule has 94 valence electrons. The smallest absolute Gasteiger partial charge is 0.181 e. The Morgan fingerprint density at radius 3 is 2.00 bits per heavy atom. The SMILES string of the molecule is CS(=O)(=O)c1c(F)cc(C2(N)CCC2)cc1F. The Kier molecular flexibility index (Phi) is 2.74. The fraction of sp³-hybridized carbons (Fsp3) is 0.455. The Morgan fingerprint density at radius 1 is 1.24 bits per heavy atom. The van der Waals surface area contributed by atoms with E-state index in [1.807, 2.05) is 0 Å². The van der Waals surface area contributed by atoms with Gasteiger partial charge in [0.15, 0.2) is 9.84 Å². The number of hydrogen-bond acceptors (Lipinski definition) is 3. The summed E-state index contributed by atoms with van der Waals surface area (Å²) < 4.78 is 49.7. The van der Waals surface area contributed by atoms with E-state index in [-0.39, 0.29) is 0 Å². The van der Waals surface area contributed by atoms with Crippen molar-refractivity contribution in [1.29, 1.82) is 0 Å². The largest absolute Gasteiger partial charge is 0.321 e. The quantitative estimate of drug-likeness (QED) is 0.881. The molecule has 1 aliphatic carbocycles. The van der Waals surface area contributed by atoms with E-state index < -0.39 is 31.9 Å². The average Bonchev–Trinajstić information content (AvgIpc) is 2.10. The molecule has 6 heteroatoms. The molecule has 2 rings (SSSR count). The summed E-state index contributed by atoms with van der Waals surface area (Å²) in [7, 11) is -3.91. The van der Waals surface area contributed by atoms with Gasteiger partial charge in [0.05, 0.1) is 0 Å². The first-order valence-corrected chi connectivity index (χ1v) is 7.12. The second-order valence-electron chi connectivity index (χ2n) is 4.55. The molecule has 0 amide bonds. The number of nitrogens with two attached hydrogens (primary N) is 1. The van der Waals surface area contributed by atoms with E-state index in [1.54, 1.807) is 0 Å². The van der Waals surface area contributed by atoms with Gasteiger partial charge >= 0.3 is 0 Å². The molecule has 0 aliphatic heterocycles. The molecule has 1 fully saturated rings. The summed E-state index contributed by atoms with van der Waals surface area (Å²) in [5.74, 6) is -2.14. The van der Waals surface area contributed by atoms with Gasteiger partial charge in [-0.05, 0) is 37.0 Å². The molecule has 1 aliphatic rings. The van der Waals surface area contributed by atoms with E-state index >= 15 is 0 Å². The molecular formula is C11H13F2NO2S. The van der Waals surface area contributed by atoms with Gasteiger partial charge in [0.1, 0.15) is 16.5 Å². The molecule has 0 bridgehead atoms. The molecule has 0 atom stereocenters. The molecule has 3 nitrogen and oxygen atoms in total. The van der Waals surface area contributed by atoms with Crippen molar-refractivity contribution in [2.45, 2.75) is 29.7 Å². The fourth-order valence-electron chi connectivity index (χ4n) is 2.05. The van der Waals surface area contributed by atoms with E-state index in [1.165, 1.54) is 0 Å². The van der Waals surface area contributed by atoms with E-state index in [9.17, 15) is 17.2 Å². The molecule has 1 saturated carbocycles. The standard InChI is InChI=1S/C11H13F2NO2S/c1-17(15,16)10-8(12)5-7(6-9(10)13)11(14)3-2-4-11/h5-6H,2-4,14H2,1H3. The average molecular weight is 261 g/mol. The highest BCUT2D eigenvalue weighted by Crippen LogP contribution is 2.39. The predicted molar refractivity (Wildman–Crippen MR) is 59.2 cm³/mol. The maximum Gasteiger partial charge on any atom is 0.181 e. The Hall–Kier alpha value is -1.01. The van der Waals surface area contributed by atoms with Crippen molar-refractivity contribution in [2.24, 2.45) is 5.73 Å². The van der Waals surface area contributed by atoms with Crippen molar-refractivity contribution in [3.05, 3.63) is 29.3 Å². The summed E-state index contributed by atoms with van der Waals surface area (Å²) in [6.45, 7) is 0. The van der Waals surface area contributed by atoms with Gasteiger partial charge in [-0.15, -0.1) is 0 Å². The minimum atomic E-state index is -3.91. The van der Waals surface area contributed by atoms with Crippen LogP contribution in [0.2, 0.25) is 0 Å². The van der Waals surface area contributed by atoms with Crippen molar-refractivity contribution >= 4 is 9.84 Å². The predicted octanol–water partition coefficient (Wildman–Crippen LogP) is 1.71. The lowest BCUT2D eigenvalue weighted by atomic mass is 9.73. The zero-order valence-electron chi connectivity index (χ0n) is 9.33. The number of rotatable bonds is 2. The number of benzene rings is 1. The second-order valence-corrected chi connectivity index (χ2v) is 6.50. The number of halogens is 2. The zero-order chi connectivity index (χ0) is 12.8. The number of hydrogen-bond donors (Lipinski definition) is 1. The highest BCUT2D eigenvalue weighted by atomic mass is 32.2. The first kappa shape index (κ1) is 12.4. The van der Waals surface area contributed by atoms with Crippen LogP contribution in [-0.4, -0.2) is 14.7 Å². The van der Waals surface area contributed by atoms with Crippen LogP contribution in [0.4, 0.5) is 8.78 Å². The van der Waals surface area contributed by atoms with Crippen molar-refractivity contribution in [3.8, 4) is 0 Å². The molecule has 0 saturated heterocycles. The normalized spacial score (nSPS) is 18.8. The minimum absolute atomic E-state index is 0.325. The molecular weight excluding hydrogens is 248 g/mol. The third-order valence-corrected chi connectivity index (χ3v) is 4.32. The van der Waals surface area contributed by atoms with Crippen molar-refractivity contribution in [1.82, 2.24) is 0 Å². The summed E-state index contributed by atoms with van der Waals surface area (Å²) in [5.41, 5.74) is 5.55. The molecule has 0 aromatic heterocycles. The highest BCUT2D eigenvalue weighted by molar-refractivity contribution is 7.90. The van der Waals surface area contributed by atoms with Crippen LogP contribution in [0.5, 0.6) is 0 Å². The van der Waals surface area contributed by atoms with Crippen LogP contribution < -0.4 is 5.73 Å². The lowest BCUT2D eigenvalue weighted by Crippen LogP contribution is -2.43. The van der Waals surface area contributed by atoms with Gasteiger partial charge in [-0.2, -0.15) is 0 Å². The topological polar surface area (TPSA) is 60.2 Å². The van der Waals surface area contributed by atoms with Gasteiger partial charge in [-0.1, -0.05) is 0 Å². The van der Waals surface area contributed by atoms with E-state index in [4.69, 9.17) is 5.73 Å². The first-order valence-electron chi connectivity index (χ1n) is 5.22. The Morgan fingerprint density at radius 2 is 1.71 bits per heavy atom. The van der Waals surface area contributed by atoms with E-state index in [0.717, 1.165) is 24.8 Å².